The Kier molecular flexibility index (Phi) is 7.10. The zero-order valence-corrected chi connectivity index (χ0v) is 33.8. The van der Waals surface area contributed by atoms with Gasteiger partial charge in [-0.2, -0.15) is 0 Å². The lowest BCUT2D eigenvalue weighted by Gasteiger charge is -2.31. The lowest BCUT2D eigenvalue weighted by atomic mass is 9.81. The maximum Gasteiger partial charge on any atom is 0.0619 e. The van der Waals surface area contributed by atoms with Crippen molar-refractivity contribution < 1.29 is 0 Å². The van der Waals surface area contributed by atoms with Crippen molar-refractivity contribution in [1.82, 2.24) is 0 Å². The monoisotopic (exact) mass is 753 g/mol. The van der Waals surface area contributed by atoms with Crippen molar-refractivity contribution in [3.05, 3.63) is 209 Å². The van der Waals surface area contributed by atoms with Gasteiger partial charge in [0.05, 0.1) is 17.1 Å². The molecule has 0 radical (unpaired) electrons. The summed E-state index contributed by atoms with van der Waals surface area (Å²) >= 11 is 0. The molecule has 3 aliphatic rings. The number of hydrogen-bond acceptors (Lipinski definition) is 1. The van der Waals surface area contributed by atoms with E-state index in [2.05, 4.69) is 221 Å². The average molecular weight is 754 g/mol. The van der Waals surface area contributed by atoms with Gasteiger partial charge in [-0.3, -0.25) is 0 Å². The van der Waals surface area contributed by atoms with Crippen LogP contribution in [0.25, 0.3) is 78.2 Å². The van der Waals surface area contributed by atoms with Crippen LogP contribution in [0.1, 0.15) is 61.1 Å². The van der Waals surface area contributed by atoms with E-state index in [4.69, 9.17) is 0 Å². The highest BCUT2D eigenvalue weighted by Crippen LogP contribution is 2.55. The molecule has 0 atom stereocenters. The Morgan fingerprint density at radius 2 is 0.831 bits per heavy atom. The number of fused-ring (bicyclic) bond motifs is 10. The first-order chi connectivity index (χ1) is 28.8. The van der Waals surface area contributed by atoms with Gasteiger partial charge in [-0.05, 0) is 119 Å². The predicted octanol–water partition coefficient (Wildman–Crippen LogP) is 15.9. The molecular weight excluding hydrogens is 711 g/mol. The number of rotatable bonds is 3. The molecule has 0 saturated carbocycles. The second kappa shape index (κ2) is 12.3. The third-order valence-corrected chi connectivity index (χ3v) is 13.8. The first-order valence-corrected chi connectivity index (χ1v) is 20.9. The molecule has 0 unspecified atom stereocenters. The summed E-state index contributed by atoms with van der Waals surface area (Å²) in [6, 6.07) is 66.3. The van der Waals surface area contributed by atoms with Crippen molar-refractivity contribution in [2.45, 2.75) is 38.5 Å². The van der Waals surface area contributed by atoms with Crippen LogP contribution in [0.5, 0.6) is 0 Å². The van der Waals surface area contributed by atoms with Gasteiger partial charge in [-0.1, -0.05) is 185 Å². The molecule has 1 heterocycles. The second-order valence-electron chi connectivity index (χ2n) is 17.7. The van der Waals surface area contributed by atoms with E-state index in [-0.39, 0.29) is 10.8 Å². The molecule has 280 valence electrons. The zero-order chi connectivity index (χ0) is 39.6. The summed E-state index contributed by atoms with van der Waals surface area (Å²) < 4.78 is 0. The van der Waals surface area contributed by atoms with Crippen LogP contribution in [0, 0.1) is 0 Å². The summed E-state index contributed by atoms with van der Waals surface area (Å²) in [4.78, 5) is 2.52. The zero-order valence-electron chi connectivity index (χ0n) is 33.8. The molecule has 0 N–H and O–H groups in total. The Morgan fingerprint density at radius 3 is 1.54 bits per heavy atom. The summed E-state index contributed by atoms with van der Waals surface area (Å²) in [6.07, 6.45) is 4.53. The van der Waals surface area contributed by atoms with Crippen molar-refractivity contribution >= 4 is 50.8 Å². The second-order valence-corrected chi connectivity index (χ2v) is 17.7. The summed E-state index contributed by atoms with van der Waals surface area (Å²) in [5.41, 5.74) is 21.7. The highest BCUT2D eigenvalue weighted by Gasteiger charge is 2.37. The van der Waals surface area contributed by atoms with Gasteiger partial charge in [-0.25, -0.2) is 0 Å². The van der Waals surface area contributed by atoms with Crippen LogP contribution in [0.2, 0.25) is 0 Å². The van der Waals surface area contributed by atoms with Crippen molar-refractivity contribution in [3.8, 4) is 44.5 Å². The number of nitrogens with zero attached hydrogens (tertiary/aromatic N) is 1. The van der Waals surface area contributed by atoms with Crippen molar-refractivity contribution in [3.63, 3.8) is 0 Å². The van der Waals surface area contributed by atoms with E-state index in [9.17, 15) is 0 Å². The maximum absolute atomic E-state index is 2.52. The third-order valence-electron chi connectivity index (χ3n) is 13.8. The molecule has 1 heteroatoms. The van der Waals surface area contributed by atoms with E-state index in [1.54, 1.807) is 0 Å². The highest BCUT2D eigenvalue weighted by atomic mass is 15.2. The SMILES string of the molecule is CC1(C)c2ccccc2-c2cc(-c3c4ccccc4c(N4c5ccccc5C=Cc5ccccc54)c4ccc(-c5ccc6c(c5)C(C)(C)c5ccccc5-6)cc34)ccc21. The fraction of sp³-hybridized carbons (Fsp3) is 0.103. The summed E-state index contributed by atoms with van der Waals surface area (Å²) in [7, 11) is 0. The van der Waals surface area contributed by atoms with Gasteiger partial charge in [0.1, 0.15) is 0 Å². The molecule has 12 rings (SSSR count). The van der Waals surface area contributed by atoms with Crippen LogP contribution in [0.15, 0.2) is 176 Å². The largest absolute Gasteiger partial charge is 0.308 e. The Hall–Kier alpha value is -6.96. The first-order valence-electron chi connectivity index (χ1n) is 20.9. The highest BCUT2D eigenvalue weighted by molar-refractivity contribution is 6.23. The van der Waals surface area contributed by atoms with Crippen LogP contribution >= 0.6 is 0 Å². The number of para-hydroxylation sites is 2. The van der Waals surface area contributed by atoms with E-state index < -0.39 is 0 Å². The molecule has 0 bridgehead atoms. The molecule has 0 amide bonds. The van der Waals surface area contributed by atoms with Crippen molar-refractivity contribution in [2.24, 2.45) is 0 Å². The maximum atomic E-state index is 2.52. The summed E-state index contributed by atoms with van der Waals surface area (Å²) in [6.45, 7) is 9.48. The van der Waals surface area contributed by atoms with Crippen LogP contribution < -0.4 is 4.90 Å². The molecule has 59 heavy (non-hydrogen) atoms. The molecule has 0 fully saturated rings. The Morgan fingerprint density at radius 1 is 0.339 bits per heavy atom. The predicted molar refractivity (Wildman–Crippen MR) is 251 cm³/mol. The molecule has 9 aromatic carbocycles. The minimum absolute atomic E-state index is 0.0613. The molecule has 1 nitrogen and oxygen atoms in total. The van der Waals surface area contributed by atoms with Gasteiger partial charge in [-0.15, -0.1) is 0 Å². The lowest BCUT2D eigenvalue weighted by molar-refractivity contribution is 0.660. The topological polar surface area (TPSA) is 3.24 Å². The summed E-state index contributed by atoms with van der Waals surface area (Å²) in [5.74, 6) is 0. The molecule has 1 aliphatic heterocycles. The van der Waals surface area contributed by atoms with Gasteiger partial charge in [0, 0.05) is 21.6 Å². The van der Waals surface area contributed by atoms with E-state index in [1.165, 1.54) is 116 Å². The Balaban J connectivity index is 1.17. The van der Waals surface area contributed by atoms with Gasteiger partial charge in [0.15, 0.2) is 0 Å². The van der Waals surface area contributed by atoms with Crippen LogP contribution in [0.4, 0.5) is 17.1 Å². The molecule has 0 spiro atoms. The van der Waals surface area contributed by atoms with Crippen molar-refractivity contribution in [1.29, 1.82) is 0 Å². The third kappa shape index (κ3) is 4.79. The molecule has 0 saturated heterocycles. The fourth-order valence-corrected chi connectivity index (χ4v) is 10.9. The van der Waals surface area contributed by atoms with E-state index in [0.29, 0.717) is 0 Å². The van der Waals surface area contributed by atoms with E-state index >= 15 is 0 Å². The average Bonchev–Trinajstić information content (AvgIpc) is 3.55. The first kappa shape index (κ1) is 34.1. The Bertz CT molecular complexity index is 3230. The van der Waals surface area contributed by atoms with Crippen molar-refractivity contribution in [2.75, 3.05) is 4.90 Å². The minimum atomic E-state index is -0.0800. The smallest absolute Gasteiger partial charge is 0.0619 e. The minimum Gasteiger partial charge on any atom is -0.308 e. The quantitative estimate of drug-likeness (QED) is 0.162. The lowest BCUT2D eigenvalue weighted by Crippen LogP contribution is -2.14. The summed E-state index contributed by atoms with van der Waals surface area (Å²) in [5, 5.41) is 4.95. The number of hydrogen-bond donors (Lipinski definition) is 0. The number of benzene rings is 9. The van der Waals surface area contributed by atoms with E-state index in [1.807, 2.05) is 0 Å². The van der Waals surface area contributed by atoms with Crippen LogP contribution in [-0.2, 0) is 10.8 Å². The van der Waals surface area contributed by atoms with Gasteiger partial charge in [0.2, 0.25) is 0 Å². The number of anilines is 3. The molecule has 9 aromatic rings. The van der Waals surface area contributed by atoms with Gasteiger partial charge < -0.3 is 4.90 Å². The van der Waals surface area contributed by atoms with E-state index in [0.717, 1.165) is 0 Å². The normalized spacial score (nSPS) is 14.9. The Labute approximate surface area is 346 Å². The standard InChI is InChI=1S/C58H43N/c1-57(2)50-22-12-10-18-42(50)47-34-40(29-32-51(47)57)55-44-19-7-8-20-45(44)56(59-53-23-13-5-15-36(53)25-26-37-16-6-14-24-54(37)59)46-31-28-38(33-48(46)55)39-27-30-43-41-17-9-11-21-49(41)58(3,4)52(43)35-39/h5-35H,1-4H3. The molecule has 2 aliphatic carbocycles. The van der Waals surface area contributed by atoms with Gasteiger partial charge in [0.25, 0.3) is 0 Å². The molecule has 0 aromatic heterocycles. The van der Waals surface area contributed by atoms with Gasteiger partial charge >= 0.3 is 0 Å². The molecular formula is C58H43N. The van der Waals surface area contributed by atoms with Crippen LogP contribution in [0.3, 0.4) is 0 Å². The van der Waals surface area contributed by atoms with Crippen LogP contribution in [-0.4, -0.2) is 0 Å². The fourth-order valence-electron chi connectivity index (χ4n) is 10.9.